The van der Waals surface area contributed by atoms with Gasteiger partial charge >= 0.3 is 12.6 Å². The maximum atomic E-state index is 13.8. The van der Waals surface area contributed by atoms with Gasteiger partial charge in [0, 0.05) is 37.8 Å². The number of hydrogen-bond acceptors (Lipinski definition) is 5. The number of nitrogens with zero attached hydrogens (tertiary/aromatic N) is 3. The number of carbonyl (C=O) groups excluding carboxylic acids is 2. The number of benzene rings is 1. The number of methoxy groups -OCH3 is 1. The Morgan fingerprint density at radius 1 is 1.11 bits per heavy atom. The van der Waals surface area contributed by atoms with Gasteiger partial charge in [-0.2, -0.15) is 13.8 Å². The first-order valence-electron chi connectivity index (χ1n) is 12.6. The van der Waals surface area contributed by atoms with Crippen LogP contribution in [0.4, 0.5) is 25.0 Å². The highest BCUT2D eigenvalue weighted by Crippen LogP contribution is 2.46. The van der Waals surface area contributed by atoms with Crippen molar-refractivity contribution in [2.45, 2.75) is 59.6 Å². The third-order valence-corrected chi connectivity index (χ3v) is 6.75. The highest BCUT2D eigenvalue weighted by molar-refractivity contribution is 6.03. The van der Waals surface area contributed by atoms with Crippen molar-refractivity contribution in [2.24, 2.45) is 11.8 Å². The summed E-state index contributed by atoms with van der Waals surface area (Å²) in [5, 5.41) is 2.73. The average molecular weight is 519 g/mol. The number of likely N-dealkylation sites (tertiary alicyclic amines) is 1. The summed E-state index contributed by atoms with van der Waals surface area (Å²) in [6.45, 7) is 7.69. The summed E-state index contributed by atoms with van der Waals surface area (Å²) in [5.41, 5.74) is 1.76. The number of ether oxygens (including phenoxy) is 2. The molecule has 3 amide bonds. The van der Waals surface area contributed by atoms with Crippen LogP contribution in [0.15, 0.2) is 36.4 Å². The topological polar surface area (TPSA) is 84.0 Å². The quantitative estimate of drug-likeness (QED) is 0.505. The predicted molar refractivity (Wildman–Crippen MR) is 138 cm³/mol. The molecular weight excluding hydrogens is 482 g/mol. The minimum atomic E-state index is -3.12. The molecule has 1 aliphatic carbocycles. The summed E-state index contributed by atoms with van der Waals surface area (Å²) in [5.74, 6) is 0.0639. The second-order valence-electron chi connectivity index (χ2n) is 9.27. The van der Waals surface area contributed by atoms with Gasteiger partial charge in [0.05, 0.1) is 7.11 Å². The van der Waals surface area contributed by atoms with E-state index in [9.17, 15) is 18.4 Å². The number of rotatable bonds is 7. The molecule has 0 spiro atoms. The largest absolute Gasteiger partial charge is 0.481 e. The Hall–Kier alpha value is -3.43. The number of urea groups is 1. The number of halogens is 2. The van der Waals surface area contributed by atoms with E-state index in [1.165, 1.54) is 19.2 Å². The van der Waals surface area contributed by atoms with Crippen molar-refractivity contribution in [3.8, 4) is 11.8 Å². The fourth-order valence-corrected chi connectivity index (χ4v) is 5.12. The number of nitrogens with one attached hydrogen (secondary N) is 1. The number of alkyl halides is 2. The van der Waals surface area contributed by atoms with Gasteiger partial charge in [0.25, 0.3) is 0 Å². The zero-order valence-corrected chi connectivity index (χ0v) is 22.2. The Labute approximate surface area is 216 Å². The first-order valence-corrected chi connectivity index (χ1v) is 12.6. The van der Waals surface area contributed by atoms with Gasteiger partial charge in [0.15, 0.2) is 0 Å². The molecule has 2 aromatic rings. The van der Waals surface area contributed by atoms with Crippen LogP contribution in [0.25, 0.3) is 0 Å². The Morgan fingerprint density at radius 2 is 1.76 bits per heavy atom. The Bertz CT molecular complexity index is 1090. The minimum Gasteiger partial charge on any atom is -0.481 e. The van der Waals surface area contributed by atoms with Gasteiger partial charge in [-0.15, -0.1) is 0 Å². The molecule has 0 radical (unpaired) electrons. The molecule has 1 aliphatic heterocycles. The standard InChI is InChI=1S/C25H30F2N4O4.C2H6/c1-14(2)18-7-5-6-8-20(18)31(22-16-11-17(22)13-30(12-16)15(3)32)25(33)28-19-9-10-21(34-4)29-23(19)35-24(26)27;1-2/h5-10,14,16-17,22,24H,11-13H2,1-4H3,(H,28,33);1-2H3. The van der Waals surface area contributed by atoms with Crippen molar-refractivity contribution in [3.63, 3.8) is 0 Å². The van der Waals surface area contributed by atoms with Gasteiger partial charge in [-0.1, -0.05) is 45.9 Å². The van der Waals surface area contributed by atoms with E-state index >= 15 is 0 Å². The van der Waals surface area contributed by atoms with E-state index in [1.54, 1.807) is 11.8 Å². The molecule has 1 aromatic carbocycles. The number of fused-ring (bicyclic) bond motifs is 2. The third-order valence-electron chi connectivity index (χ3n) is 6.75. The lowest BCUT2D eigenvalue weighted by atomic mass is 9.65. The van der Waals surface area contributed by atoms with Crippen LogP contribution >= 0.6 is 0 Å². The first kappa shape index (κ1) is 28.1. The lowest BCUT2D eigenvalue weighted by Crippen LogP contribution is -2.66. The number of para-hydroxylation sites is 1. The van der Waals surface area contributed by atoms with Crippen molar-refractivity contribution in [3.05, 3.63) is 42.0 Å². The second-order valence-corrected chi connectivity index (χ2v) is 9.27. The normalized spacial score (nSPS) is 19.9. The van der Waals surface area contributed by atoms with E-state index < -0.39 is 18.5 Å². The number of anilines is 2. The van der Waals surface area contributed by atoms with E-state index in [0.717, 1.165) is 17.7 Å². The monoisotopic (exact) mass is 518 g/mol. The maximum absolute atomic E-state index is 13.8. The van der Waals surface area contributed by atoms with Crippen molar-refractivity contribution in [1.82, 2.24) is 9.88 Å². The van der Waals surface area contributed by atoms with Crippen molar-refractivity contribution >= 4 is 23.3 Å². The zero-order valence-electron chi connectivity index (χ0n) is 22.2. The smallest absolute Gasteiger partial charge is 0.388 e. The number of aromatic nitrogens is 1. The zero-order chi connectivity index (χ0) is 27.3. The predicted octanol–water partition coefficient (Wildman–Crippen LogP) is 5.75. The molecule has 202 valence electrons. The van der Waals surface area contributed by atoms with E-state index in [2.05, 4.69) is 28.9 Å². The SMILES string of the molecule is CC.COc1ccc(NC(=O)N(c2ccccc2C(C)C)C2C3CC2CN(C(C)=O)C3)c(OC(F)F)n1. The molecule has 1 saturated carbocycles. The minimum absolute atomic E-state index is 0.0120. The van der Waals surface area contributed by atoms with Crippen LogP contribution in [0.1, 0.15) is 52.5 Å². The van der Waals surface area contributed by atoms with Gasteiger partial charge in [0.1, 0.15) is 5.69 Å². The Balaban J connectivity index is 0.00000186. The summed E-state index contributed by atoms with van der Waals surface area (Å²) >= 11 is 0. The molecule has 2 aliphatic rings. The van der Waals surface area contributed by atoms with Crippen molar-refractivity contribution in [1.29, 1.82) is 0 Å². The fraction of sp³-hybridized carbons (Fsp3) is 0.519. The van der Waals surface area contributed by atoms with E-state index in [1.807, 2.05) is 43.0 Å². The van der Waals surface area contributed by atoms with Crippen molar-refractivity contribution < 1.29 is 27.8 Å². The lowest BCUT2D eigenvalue weighted by Gasteiger charge is -2.57. The molecule has 1 aromatic heterocycles. The molecule has 10 heteroatoms. The molecule has 2 heterocycles. The molecule has 2 fully saturated rings. The number of amides is 3. The molecule has 2 unspecified atom stereocenters. The maximum Gasteiger partial charge on any atom is 0.388 e. The van der Waals surface area contributed by atoms with Gasteiger partial charge in [0.2, 0.25) is 17.7 Å². The van der Waals surface area contributed by atoms with Crippen LogP contribution in [0.5, 0.6) is 11.8 Å². The summed E-state index contributed by atoms with van der Waals surface area (Å²) < 4.78 is 35.6. The average Bonchev–Trinajstić information content (AvgIpc) is 2.88. The van der Waals surface area contributed by atoms with Crippen LogP contribution in [-0.4, -0.2) is 54.7 Å². The number of carbonyl (C=O) groups is 2. The molecule has 1 N–H and O–H groups in total. The molecule has 2 bridgehead atoms. The molecule has 2 atom stereocenters. The van der Waals surface area contributed by atoms with E-state index in [4.69, 9.17) is 4.74 Å². The van der Waals surface area contributed by atoms with Crippen molar-refractivity contribution in [2.75, 3.05) is 30.4 Å². The van der Waals surface area contributed by atoms with E-state index in [-0.39, 0.29) is 41.3 Å². The lowest BCUT2D eigenvalue weighted by molar-refractivity contribution is -0.136. The molecule has 8 nitrogen and oxygen atoms in total. The molecule has 1 saturated heterocycles. The fourth-order valence-electron chi connectivity index (χ4n) is 5.12. The van der Waals surface area contributed by atoms with Crippen LogP contribution in [0.3, 0.4) is 0 Å². The van der Waals surface area contributed by atoms with Crippen LogP contribution < -0.4 is 19.7 Å². The highest BCUT2D eigenvalue weighted by Gasteiger charge is 2.52. The Morgan fingerprint density at radius 3 is 2.32 bits per heavy atom. The van der Waals surface area contributed by atoms with Crippen LogP contribution in [0, 0.1) is 11.8 Å². The number of pyridine rings is 1. The number of piperidine rings is 2. The van der Waals surface area contributed by atoms with Crippen LogP contribution in [0.2, 0.25) is 0 Å². The van der Waals surface area contributed by atoms with Gasteiger partial charge in [-0.3, -0.25) is 9.69 Å². The van der Waals surface area contributed by atoms with Gasteiger partial charge in [-0.25, -0.2) is 4.79 Å². The summed E-state index contributed by atoms with van der Waals surface area (Å²) in [6.07, 6.45) is 0.923. The second kappa shape index (κ2) is 12.2. The van der Waals surface area contributed by atoms with E-state index in [0.29, 0.717) is 13.1 Å². The first-order chi connectivity index (χ1) is 17.7. The summed E-state index contributed by atoms with van der Waals surface area (Å²) in [4.78, 5) is 33.2. The molecule has 4 rings (SSSR count). The van der Waals surface area contributed by atoms with Gasteiger partial charge < -0.3 is 19.7 Å². The third kappa shape index (κ3) is 6.11. The summed E-state index contributed by atoms with van der Waals surface area (Å²) in [6, 6.07) is 9.96. The van der Waals surface area contributed by atoms with Gasteiger partial charge in [-0.05, 0) is 41.9 Å². The molecule has 37 heavy (non-hydrogen) atoms. The summed E-state index contributed by atoms with van der Waals surface area (Å²) in [7, 11) is 1.36. The van der Waals surface area contributed by atoms with Crippen LogP contribution in [-0.2, 0) is 4.79 Å². The molecular formula is C27H36F2N4O4. The highest BCUT2D eigenvalue weighted by atomic mass is 19.3. The Kier molecular flexibility index (Phi) is 9.29. The number of hydrogen-bond donors (Lipinski definition) is 1.